The van der Waals surface area contributed by atoms with Gasteiger partial charge in [0.2, 0.25) is 0 Å². The van der Waals surface area contributed by atoms with Gasteiger partial charge in [0.15, 0.2) is 0 Å². The Morgan fingerprint density at radius 2 is 1.87 bits per heavy atom. The second-order valence-electron chi connectivity index (χ2n) is 6.26. The first-order valence-electron chi connectivity index (χ1n) is 6.30. The van der Waals surface area contributed by atoms with Crippen LogP contribution in [0.1, 0.15) is 54.4 Å². The van der Waals surface area contributed by atoms with Crippen molar-refractivity contribution in [3.63, 3.8) is 0 Å². The van der Waals surface area contributed by atoms with Crippen LogP contribution in [0.4, 0.5) is 0 Å². The number of hydrogen-bond acceptors (Lipinski definition) is 2. The number of nitrogens with zero attached hydrogens (tertiary/aromatic N) is 1. The molecule has 15 heavy (non-hydrogen) atoms. The maximum absolute atomic E-state index is 3.64. The molecule has 2 nitrogen and oxygen atoms in total. The van der Waals surface area contributed by atoms with Crippen LogP contribution in [-0.4, -0.2) is 35.1 Å². The molecule has 1 aliphatic rings. The van der Waals surface area contributed by atoms with E-state index in [-0.39, 0.29) is 5.54 Å². The molecule has 1 heterocycles. The first-order valence-corrected chi connectivity index (χ1v) is 6.30. The van der Waals surface area contributed by atoms with E-state index in [0.717, 1.165) is 13.1 Å². The minimum absolute atomic E-state index is 0.247. The van der Waals surface area contributed by atoms with Crippen molar-refractivity contribution in [3.05, 3.63) is 0 Å². The largest absolute Gasteiger partial charge is 0.310 e. The van der Waals surface area contributed by atoms with Crippen molar-refractivity contribution in [3.8, 4) is 0 Å². The quantitative estimate of drug-likeness (QED) is 0.757. The maximum Gasteiger partial charge on any atom is 0.0252 e. The Hall–Kier alpha value is -0.0800. The zero-order valence-electron chi connectivity index (χ0n) is 11.4. The fourth-order valence-electron chi connectivity index (χ4n) is 2.52. The van der Waals surface area contributed by atoms with Gasteiger partial charge in [0.05, 0.1) is 0 Å². The molecule has 1 unspecified atom stereocenters. The highest BCUT2D eigenvalue weighted by Gasteiger charge is 2.36. The van der Waals surface area contributed by atoms with Crippen LogP contribution >= 0.6 is 0 Å². The van der Waals surface area contributed by atoms with Gasteiger partial charge >= 0.3 is 0 Å². The van der Waals surface area contributed by atoms with Crippen LogP contribution in [0.5, 0.6) is 0 Å². The van der Waals surface area contributed by atoms with Gasteiger partial charge < -0.3 is 5.32 Å². The average molecular weight is 212 g/mol. The maximum atomic E-state index is 3.64. The first-order chi connectivity index (χ1) is 6.78. The minimum atomic E-state index is 0.247. The molecule has 1 N–H and O–H groups in total. The second-order valence-corrected chi connectivity index (χ2v) is 6.26. The SMILES string of the molecule is CCC(C)N1CC(C)(C)NCCC1(C)C. The Morgan fingerprint density at radius 3 is 2.40 bits per heavy atom. The molecule has 0 aromatic heterocycles. The van der Waals surface area contributed by atoms with Crippen molar-refractivity contribution in [2.24, 2.45) is 0 Å². The summed E-state index contributed by atoms with van der Waals surface area (Å²) in [5.74, 6) is 0. The Kier molecular flexibility index (Phi) is 3.83. The lowest BCUT2D eigenvalue weighted by atomic mass is 9.95. The molecule has 0 amide bonds. The van der Waals surface area contributed by atoms with Crippen molar-refractivity contribution in [2.45, 2.75) is 71.5 Å². The molecule has 0 radical (unpaired) electrons. The van der Waals surface area contributed by atoms with E-state index in [1.54, 1.807) is 0 Å². The van der Waals surface area contributed by atoms with E-state index in [1.165, 1.54) is 12.8 Å². The standard InChI is InChI=1S/C13H28N2/c1-7-11(2)15-10-12(3,4)14-9-8-13(15,5)6/h11,14H,7-10H2,1-6H3. The lowest BCUT2D eigenvalue weighted by Gasteiger charge is -2.43. The molecule has 2 heteroatoms. The third kappa shape index (κ3) is 3.18. The second kappa shape index (κ2) is 4.42. The van der Waals surface area contributed by atoms with Gasteiger partial charge in [-0.3, -0.25) is 4.90 Å². The Balaban J connectivity index is 2.85. The van der Waals surface area contributed by atoms with E-state index in [9.17, 15) is 0 Å². The molecule has 0 saturated carbocycles. The van der Waals surface area contributed by atoms with Gasteiger partial charge in [-0.15, -0.1) is 0 Å². The molecule has 0 aromatic carbocycles. The van der Waals surface area contributed by atoms with Crippen LogP contribution in [0.2, 0.25) is 0 Å². The van der Waals surface area contributed by atoms with Gasteiger partial charge in [-0.2, -0.15) is 0 Å². The zero-order chi connectivity index (χ0) is 11.7. The predicted octanol–water partition coefficient (Wildman–Crippen LogP) is 2.64. The van der Waals surface area contributed by atoms with Crippen molar-refractivity contribution in [2.75, 3.05) is 13.1 Å². The smallest absolute Gasteiger partial charge is 0.0252 e. The highest BCUT2D eigenvalue weighted by atomic mass is 15.3. The van der Waals surface area contributed by atoms with Gasteiger partial charge in [0.25, 0.3) is 0 Å². The molecule has 0 aliphatic carbocycles. The summed E-state index contributed by atoms with van der Waals surface area (Å²) >= 11 is 0. The molecular formula is C13H28N2. The molecule has 1 saturated heterocycles. The van der Waals surface area contributed by atoms with E-state index < -0.39 is 0 Å². The van der Waals surface area contributed by atoms with E-state index >= 15 is 0 Å². The average Bonchev–Trinajstić information content (AvgIpc) is 2.21. The third-order valence-corrected chi connectivity index (χ3v) is 3.81. The monoisotopic (exact) mass is 212 g/mol. The van der Waals surface area contributed by atoms with Crippen LogP contribution < -0.4 is 5.32 Å². The lowest BCUT2D eigenvalue weighted by molar-refractivity contribution is 0.0631. The summed E-state index contributed by atoms with van der Waals surface area (Å²) in [6.07, 6.45) is 2.47. The van der Waals surface area contributed by atoms with Crippen LogP contribution in [0, 0.1) is 0 Å². The molecule has 1 aliphatic heterocycles. The molecule has 90 valence electrons. The molecule has 1 atom stereocenters. The third-order valence-electron chi connectivity index (χ3n) is 3.81. The van der Waals surface area contributed by atoms with E-state index in [2.05, 4.69) is 51.8 Å². The van der Waals surface area contributed by atoms with Gasteiger partial charge in [0.1, 0.15) is 0 Å². The van der Waals surface area contributed by atoms with Crippen LogP contribution in [0.15, 0.2) is 0 Å². The summed E-state index contributed by atoms with van der Waals surface area (Å²) in [6, 6.07) is 0.680. The number of hydrogen-bond donors (Lipinski definition) is 1. The van der Waals surface area contributed by atoms with Gasteiger partial charge in [-0.1, -0.05) is 6.92 Å². The Labute approximate surface area is 95.4 Å². The van der Waals surface area contributed by atoms with Gasteiger partial charge in [0, 0.05) is 23.7 Å². The summed E-state index contributed by atoms with van der Waals surface area (Å²) < 4.78 is 0. The zero-order valence-corrected chi connectivity index (χ0v) is 11.4. The molecule has 0 spiro atoms. The van der Waals surface area contributed by atoms with Crippen molar-refractivity contribution >= 4 is 0 Å². The summed E-state index contributed by atoms with van der Waals surface area (Å²) in [5.41, 5.74) is 0.577. The minimum Gasteiger partial charge on any atom is -0.310 e. The summed E-state index contributed by atoms with van der Waals surface area (Å²) in [5, 5.41) is 3.64. The van der Waals surface area contributed by atoms with E-state index in [4.69, 9.17) is 0 Å². The van der Waals surface area contributed by atoms with Crippen LogP contribution in [0.3, 0.4) is 0 Å². The summed E-state index contributed by atoms with van der Waals surface area (Å²) in [6.45, 7) is 16.3. The Morgan fingerprint density at radius 1 is 1.27 bits per heavy atom. The highest BCUT2D eigenvalue weighted by molar-refractivity contribution is 4.95. The topological polar surface area (TPSA) is 15.3 Å². The molecule has 1 fully saturated rings. The number of rotatable bonds is 2. The predicted molar refractivity (Wildman–Crippen MR) is 67.2 cm³/mol. The van der Waals surface area contributed by atoms with E-state index in [1.807, 2.05) is 0 Å². The summed E-state index contributed by atoms with van der Waals surface area (Å²) in [4.78, 5) is 2.67. The molecule has 0 bridgehead atoms. The molecule has 1 rings (SSSR count). The fraction of sp³-hybridized carbons (Fsp3) is 1.00. The fourth-order valence-corrected chi connectivity index (χ4v) is 2.52. The van der Waals surface area contributed by atoms with Crippen molar-refractivity contribution in [1.29, 1.82) is 0 Å². The van der Waals surface area contributed by atoms with E-state index in [0.29, 0.717) is 11.6 Å². The Bertz CT molecular complexity index is 209. The first kappa shape index (κ1) is 13.0. The highest BCUT2D eigenvalue weighted by Crippen LogP contribution is 2.27. The van der Waals surface area contributed by atoms with Crippen LogP contribution in [0.25, 0.3) is 0 Å². The van der Waals surface area contributed by atoms with Gasteiger partial charge in [-0.05, 0) is 54.0 Å². The van der Waals surface area contributed by atoms with Gasteiger partial charge in [-0.25, -0.2) is 0 Å². The lowest BCUT2D eigenvalue weighted by Crippen LogP contribution is -2.54. The summed E-state index contributed by atoms with van der Waals surface area (Å²) in [7, 11) is 0. The van der Waals surface area contributed by atoms with Crippen molar-refractivity contribution in [1.82, 2.24) is 10.2 Å². The number of nitrogens with one attached hydrogen (secondary N) is 1. The van der Waals surface area contributed by atoms with Crippen LogP contribution in [-0.2, 0) is 0 Å². The molecule has 0 aromatic rings. The van der Waals surface area contributed by atoms with Crippen molar-refractivity contribution < 1.29 is 0 Å². The molecular weight excluding hydrogens is 184 g/mol. The normalized spacial score (nSPS) is 28.4.